The SMILES string of the molecule is CC(C)(C)OC(=O)N1CC(C#N)(Cc2ccc(Br)cc2I)C1. The van der Waals surface area contributed by atoms with E-state index in [9.17, 15) is 10.1 Å². The summed E-state index contributed by atoms with van der Waals surface area (Å²) in [6, 6.07) is 8.43. The van der Waals surface area contributed by atoms with Gasteiger partial charge in [0.25, 0.3) is 0 Å². The van der Waals surface area contributed by atoms with E-state index < -0.39 is 11.0 Å². The van der Waals surface area contributed by atoms with E-state index in [1.807, 2.05) is 39.0 Å². The summed E-state index contributed by atoms with van der Waals surface area (Å²) in [7, 11) is 0. The van der Waals surface area contributed by atoms with Crippen molar-refractivity contribution in [1.82, 2.24) is 4.90 Å². The zero-order valence-corrected chi connectivity index (χ0v) is 16.6. The van der Waals surface area contributed by atoms with E-state index in [4.69, 9.17) is 4.74 Å². The van der Waals surface area contributed by atoms with Gasteiger partial charge in [0, 0.05) is 21.1 Å². The summed E-state index contributed by atoms with van der Waals surface area (Å²) in [4.78, 5) is 13.6. The third kappa shape index (κ3) is 4.13. The number of ether oxygens (including phenoxy) is 1. The molecule has 1 amide bonds. The number of nitriles is 1. The number of likely N-dealkylation sites (tertiary alicyclic amines) is 1. The molecule has 0 aromatic heterocycles. The Hall–Kier alpha value is -0.810. The molecule has 1 aromatic rings. The Morgan fingerprint density at radius 2 is 2.14 bits per heavy atom. The zero-order valence-electron chi connectivity index (χ0n) is 12.8. The normalized spacial score (nSPS) is 16.6. The Bertz CT molecular complexity index is 628. The highest BCUT2D eigenvalue weighted by Gasteiger charge is 2.47. The van der Waals surface area contributed by atoms with Crippen LogP contribution in [0, 0.1) is 20.3 Å². The Kier molecular flexibility index (Phi) is 5.07. The molecule has 1 aliphatic rings. The molecule has 1 aliphatic heterocycles. The number of benzene rings is 1. The Morgan fingerprint density at radius 1 is 1.50 bits per heavy atom. The molecule has 0 atom stereocenters. The van der Waals surface area contributed by atoms with Crippen molar-refractivity contribution in [1.29, 1.82) is 5.26 Å². The van der Waals surface area contributed by atoms with Crippen LogP contribution in [-0.2, 0) is 11.2 Å². The molecule has 0 aliphatic carbocycles. The quantitative estimate of drug-likeness (QED) is 0.596. The van der Waals surface area contributed by atoms with Gasteiger partial charge >= 0.3 is 6.09 Å². The van der Waals surface area contributed by atoms with Crippen LogP contribution in [-0.4, -0.2) is 29.7 Å². The summed E-state index contributed by atoms with van der Waals surface area (Å²) in [6.45, 7) is 6.36. The van der Waals surface area contributed by atoms with Crippen LogP contribution in [0.3, 0.4) is 0 Å². The predicted molar refractivity (Wildman–Crippen MR) is 96.4 cm³/mol. The lowest BCUT2D eigenvalue weighted by Crippen LogP contribution is -2.59. The van der Waals surface area contributed by atoms with Crippen molar-refractivity contribution in [3.63, 3.8) is 0 Å². The first kappa shape index (κ1) is 17.5. The van der Waals surface area contributed by atoms with Gasteiger partial charge in [-0.05, 0) is 67.5 Å². The molecule has 22 heavy (non-hydrogen) atoms. The molecular weight excluding hydrogens is 459 g/mol. The number of nitrogens with zero attached hydrogens (tertiary/aromatic N) is 2. The smallest absolute Gasteiger partial charge is 0.410 e. The van der Waals surface area contributed by atoms with E-state index in [1.165, 1.54) is 0 Å². The maximum Gasteiger partial charge on any atom is 0.410 e. The van der Waals surface area contributed by atoms with Crippen LogP contribution in [0.15, 0.2) is 22.7 Å². The predicted octanol–water partition coefficient (Wildman–Crippen LogP) is 4.36. The molecule has 0 spiro atoms. The lowest BCUT2D eigenvalue weighted by atomic mass is 9.76. The topological polar surface area (TPSA) is 53.3 Å². The molecule has 1 fully saturated rings. The molecule has 1 heterocycles. The summed E-state index contributed by atoms with van der Waals surface area (Å²) < 4.78 is 7.49. The zero-order chi connectivity index (χ0) is 16.5. The van der Waals surface area contributed by atoms with E-state index in [0.29, 0.717) is 19.5 Å². The number of halogens is 2. The van der Waals surface area contributed by atoms with Gasteiger partial charge in [-0.1, -0.05) is 22.0 Å². The van der Waals surface area contributed by atoms with Crippen LogP contribution >= 0.6 is 38.5 Å². The van der Waals surface area contributed by atoms with Crippen molar-refractivity contribution in [2.75, 3.05) is 13.1 Å². The minimum Gasteiger partial charge on any atom is -0.444 e. The van der Waals surface area contributed by atoms with Crippen LogP contribution in [0.4, 0.5) is 4.79 Å². The van der Waals surface area contributed by atoms with Crippen LogP contribution in [0.2, 0.25) is 0 Å². The maximum atomic E-state index is 12.0. The van der Waals surface area contributed by atoms with Gasteiger partial charge in [-0.3, -0.25) is 0 Å². The fraction of sp³-hybridized carbons (Fsp3) is 0.500. The summed E-state index contributed by atoms with van der Waals surface area (Å²) in [5.41, 5.74) is 0.113. The number of rotatable bonds is 2. The first-order valence-corrected chi connectivity index (χ1v) is 8.84. The van der Waals surface area contributed by atoms with Crippen molar-refractivity contribution in [3.8, 4) is 6.07 Å². The van der Waals surface area contributed by atoms with Crippen LogP contribution in [0.1, 0.15) is 26.3 Å². The highest BCUT2D eigenvalue weighted by molar-refractivity contribution is 14.1. The number of hydrogen-bond donors (Lipinski definition) is 0. The van der Waals surface area contributed by atoms with Crippen molar-refractivity contribution in [2.24, 2.45) is 5.41 Å². The van der Waals surface area contributed by atoms with Crippen LogP contribution in [0.25, 0.3) is 0 Å². The van der Waals surface area contributed by atoms with Gasteiger partial charge in [0.2, 0.25) is 0 Å². The molecule has 0 radical (unpaired) electrons. The van der Waals surface area contributed by atoms with Gasteiger partial charge in [-0.2, -0.15) is 5.26 Å². The summed E-state index contributed by atoms with van der Waals surface area (Å²) >= 11 is 5.72. The van der Waals surface area contributed by atoms with Crippen molar-refractivity contribution < 1.29 is 9.53 Å². The van der Waals surface area contributed by atoms with Gasteiger partial charge in [0.1, 0.15) is 5.60 Å². The van der Waals surface area contributed by atoms with E-state index in [1.54, 1.807) is 4.90 Å². The number of hydrogen-bond acceptors (Lipinski definition) is 3. The van der Waals surface area contributed by atoms with Gasteiger partial charge in [0.05, 0.1) is 11.5 Å². The highest BCUT2D eigenvalue weighted by Crippen LogP contribution is 2.36. The molecule has 118 valence electrons. The number of carbonyl (C=O) groups is 1. The fourth-order valence-corrected chi connectivity index (χ4v) is 3.89. The van der Waals surface area contributed by atoms with E-state index in [-0.39, 0.29) is 6.09 Å². The molecule has 6 heteroatoms. The minimum absolute atomic E-state index is 0.344. The summed E-state index contributed by atoms with van der Waals surface area (Å²) in [5, 5.41) is 9.53. The van der Waals surface area contributed by atoms with Crippen molar-refractivity contribution in [2.45, 2.75) is 32.8 Å². The first-order valence-electron chi connectivity index (χ1n) is 6.97. The van der Waals surface area contributed by atoms with E-state index >= 15 is 0 Å². The highest BCUT2D eigenvalue weighted by atomic mass is 127. The third-order valence-corrected chi connectivity index (χ3v) is 4.92. The molecule has 2 rings (SSSR count). The lowest BCUT2D eigenvalue weighted by molar-refractivity contribution is -0.0162. The monoisotopic (exact) mass is 476 g/mol. The first-order chi connectivity index (χ1) is 10.1. The minimum atomic E-state index is -0.511. The summed E-state index contributed by atoms with van der Waals surface area (Å²) in [5.74, 6) is 0. The van der Waals surface area contributed by atoms with Crippen LogP contribution < -0.4 is 0 Å². The second kappa shape index (κ2) is 6.36. The molecule has 0 unspecified atom stereocenters. The molecule has 0 saturated carbocycles. The molecule has 1 saturated heterocycles. The second-order valence-corrected chi connectivity index (χ2v) is 8.72. The molecule has 1 aromatic carbocycles. The molecule has 4 nitrogen and oxygen atoms in total. The number of amides is 1. The Balaban J connectivity index is 2.03. The van der Waals surface area contributed by atoms with Crippen LogP contribution in [0.5, 0.6) is 0 Å². The standard InChI is InChI=1S/C16H18BrIN2O2/c1-15(2,3)22-14(21)20-9-16(8-19,10-20)7-11-4-5-12(17)6-13(11)18/h4-6H,7,9-10H2,1-3H3. The average Bonchev–Trinajstić information content (AvgIpc) is 2.33. The Morgan fingerprint density at radius 3 is 2.64 bits per heavy atom. The van der Waals surface area contributed by atoms with Crippen molar-refractivity contribution >= 4 is 44.6 Å². The fourth-order valence-electron chi connectivity index (χ4n) is 2.39. The van der Waals surface area contributed by atoms with Gasteiger partial charge in [-0.25, -0.2) is 4.79 Å². The largest absolute Gasteiger partial charge is 0.444 e. The van der Waals surface area contributed by atoms with E-state index in [2.05, 4.69) is 44.6 Å². The average molecular weight is 477 g/mol. The van der Waals surface area contributed by atoms with Gasteiger partial charge < -0.3 is 9.64 Å². The maximum absolute atomic E-state index is 12.0. The number of carbonyl (C=O) groups excluding carboxylic acids is 1. The Labute approximate surface area is 153 Å². The van der Waals surface area contributed by atoms with E-state index in [0.717, 1.165) is 13.6 Å². The van der Waals surface area contributed by atoms with Gasteiger partial charge in [-0.15, -0.1) is 0 Å². The second-order valence-electron chi connectivity index (χ2n) is 6.64. The molecule has 0 bridgehead atoms. The molecular formula is C16H18BrIN2O2. The third-order valence-electron chi connectivity index (χ3n) is 3.42. The van der Waals surface area contributed by atoms with Crippen molar-refractivity contribution in [3.05, 3.63) is 31.8 Å². The van der Waals surface area contributed by atoms with Gasteiger partial charge in [0.15, 0.2) is 0 Å². The molecule has 0 N–H and O–H groups in total. The lowest BCUT2D eigenvalue weighted by Gasteiger charge is -2.45. The summed E-state index contributed by atoms with van der Waals surface area (Å²) in [6.07, 6.45) is 0.304.